The number of aromatic nitrogens is 2. The lowest BCUT2D eigenvalue weighted by Gasteiger charge is -2.28. The smallest absolute Gasteiger partial charge is 0.222 e. The molecule has 0 unspecified atom stereocenters. The van der Waals surface area contributed by atoms with E-state index in [1.54, 1.807) is 0 Å². The van der Waals surface area contributed by atoms with E-state index in [0.29, 0.717) is 22.7 Å². The Morgan fingerprint density at radius 3 is 3.05 bits per heavy atom. The molecule has 22 heavy (non-hydrogen) atoms. The van der Waals surface area contributed by atoms with Crippen LogP contribution in [-0.2, 0) is 0 Å². The third-order valence-electron chi connectivity index (χ3n) is 4.60. The molecule has 3 N–H and O–H groups in total. The maximum Gasteiger partial charge on any atom is 0.222 e. The van der Waals surface area contributed by atoms with Crippen molar-refractivity contribution in [1.82, 2.24) is 15.3 Å². The summed E-state index contributed by atoms with van der Waals surface area (Å²) < 4.78 is 6.01. The van der Waals surface area contributed by atoms with E-state index < -0.39 is 0 Å². The second kappa shape index (κ2) is 4.24. The number of benzene rings is 1. The Morgan fingerprint density at radius 2 is 2.27 bits per heavy atom. The molecule has 2 atom stereocenters. The number of rotatable bonds is 1. The average molecular weight is 316 g/mol. The van der Waals surface area contributed by atoms with Gasteiger partial charge in [0.05, 0.1) is 0 Å². The molecule has 3 aromatic rings. The van der Waals surface area contributed by atoms with Gasteiger partial charge in [0.1, 0.15) is 11.1 Å². The summed E-state index contributed by atoms with van der Waals surface area (Å²) in [7, 11) is 0. The summed E-state index contributed by atoms with van der Waals surface area (Å²) in [6.45, 7) is 1.90. The number of nitrogens with one attached hydrogen (secondary N) is 1. The minimum atomic E-state index is 0.265. The van der Waals surface area contributed by atoms with Crippen LogP contribution in [0.25, 0.3) is 22.1 Å². The van der Waals surface area contributed by atoms with Crippen LogP contribution in [0.1, 0.15) is 6.42 Å². The summed E-state index contributed by atoms with van der Waals surface area (Å²) in [4.78, 5) is 11.1. The van der Waals surface area contributed by atoms with Crippen LogP contribution in [0, 0.1) is 0 Å². The predicted molar refractivity (Wildman–Crippen MR) is 86.3 cm³/mol. The molecule has 112 valence electrons. The van der Waals surface area contributed by atoms with Crippen molar-refractivity contribution in [3.8, 4) is 0 Å². The molecule has 2 fully saturated rings. The van der Waals surface area contributed by atoms with Crippen LogP contribution in [0.4, 0.5) is 11.8 Å². The fraction of sp³-hybridized carbons (Fsp3) is 0.333. The number of hydrogen-bond acceptors (Lipinski definition) is 6. The number of anilines is 2. The normalized spacial score (nSPS) is 24.0. The van der Waals surface area contributed by atoms with Gasteiger partial charge in [-0.25, -0.2) is 4.98 Å². The third-order valence-corrected chi connectivity index (χ3v) is 4.84. The predicted octanol–water partition coefficient (Wildman–Crippen LogP) is 2.16. The van der Waals surface area contributed by atoms with Crippen LogP contribution < -0.4 is 16.0 Å². The highest BCUT2D eigenvalue weighted by atomic mass is 35.5. The topological polar surface area (TPSA) is 80.2 Å². The molecule has 0 radical (unpaired) electrons. The maximum absolute atomic E-state index is 6.10. The summed E-state index contributed by atoms with van der Waals surface area (Å²) in [6.07, 6.45) is 1.14. The largest absolute Gasteiger partial charge is 0.450 e. The first-order valence-corrected chi connectivity index (χ1v) is 7.72. The second-order valence-corrected chi connectivity index (χ2v) is 6.41. The lowest BCUT2D eigenvalue weighted by Crippen LogP contribution is -2.44. The molecule has 5 rings (SSSR count). The third kappa shape index (κ3) is 1.65. The number of furan rings is 1. The van der Waals surface area contributed by atoms with E-state index in [0.717, 1.165) is 41.8 Å². The molecule has 2 aliphatic heterocycles. The average Bonchev–Trinajstić information content (AvgIpc) is 3.20. The van der Waals surface area contributed by atoms with Gasteiger partial charge in [0.2, 0.25) is 5.95 Å². The van der Waals surface area contributed by atoms with Crippen molar-refractivity contribution >= 4 is 45.4 Å². The molecular weight excluding hydrogens is 302 g/mol. The van der Waals surface area contributed by atoms with Crippen molar-refractivity contribution in [2.75, 3.05) is 23.7 Å². The van der Waals surface area contributed by atoms with E-state index in [9.17, 15) is 0 Å². The zero-order chi connectivity index (χ0) is 14.8. The number of halogens is 1. The summed E-state index contributed by atoms with van der Waals surface area (Å²) in [5.41, 5.74) is 8.12. The lowest BCUT2D eigenvalue weighted by atomic mass is 10.2. The Bertz CT molecular complexity index is 908. The summed E-state index contributed by atoms with van der Waals surface area (Å²) in [5, 5.41) is 5.01. The van der Waals surface area contributed by atoms with Gasteiger partial charge in [-0.1, -0.05) is 11.6 Å². The molecule has 0 spiro atoms. The highest BCUT2D eigenvalue weighted by Crippen LogP contribution is 2.38. The van der Waals surface area contributed by atoms with Gasteiger partial charge in [0.15, 0.2) is 11.4 Å². The zero-order valence-corrected chi connectivity index (χ0v) is 12.5. The van der Waals surface area contributed by atoms with Gasteiger partial charge in [-0.05, 0) is 24.6 Å². The van der Waals surface area contributed by atoms with Crippen LogP contribution in [0.2, 0.25) is 5.02 Å². The minimum Gasteiger partial charge on any atom is -0.450 e. The van der Waals surface area contributed by atoms with Crippen LogP contribution in [0.15, 0.2) is 22.6 Å². The number of nitrogens with zero attached hydrogens (tertiary/aromatic N) is 3. The molecule has 7 heteroatoms. The molecule has 2 saturated heterocycles. The van der Waals surface area contributed by atoms with Gasteiger partial charge in [0.25, 0.3) is 0 Å². The van der Waals surface area contributed by atoms with E-state index in [1.165, 1.54) is 0 Å². The lowest BCUT2D eigenvalue weighted by molar-refractivity contribution is 0.572. The number of nitrogen functional groups attached to an aromatic ring is 1. The van der Waals surface area contributed by atoms with E-state index in [-0.39, 0.29) is 5.95 Å². The van der Waals surface area contributed by atoms with Gasteiger partial charge >= 0.3 is 0 Å². The molecule has 0 amide bonds. The molecule has 4 heterocycles. The highest BCUT2D eigenvalue weighted by molar-refractivity contribution is 6.31. The van der Waals surface area contributed by atoms with E-state index in [4.69, 9.17) is 21.8 Å². The van der Waals surface area contributed by atoms with Crippen molar-refractivity contribution in [3.05, 3.63) is 23.2 Å². The number of nitrogens with two attached hydrogens (primary N) is 1. The van der Waals surface area contributed by atoms with Crippen molar-refractivity contribution in [3.63, 3.8) is 0 Å². The molecule has 2 aromatic heterocycles. The van der Waals surface area contributed by atoms with Gasteiger partial charge in [0, 0.05) is 35.6 Å². The first-order valence-electron chi connectivity index (χ1n) is 7.34. The Kier molecular flexibility index (Phi) is 2.41. The van der Waals surface area contributed by atoms with E-state index in [2.05, 4.69) is 20.2 Å². The van der Waals surface area contributed by atoms with Crippen LogP contribution in [0.3, 0.4) is 0 Å². The van der Waals surface area contributed by atoms with E-state index >= 15 is 0 Å². The Morgan fingerprint density at radius 1 is 1.36 bits per heavy atom. The fourth-order valence-electron chi connectivity index (χ4n) is 3.63. The highest BCUT2D eigenvalue weighted by Gasteiger charge is 2.39. The molecule has 0 saturated carbocycles. The Labute approximate surface area is 131 Å². The van der Waals surface area contributed by atoms with Crippen molar-refractivity contribution in [2.45, 2.75) is 18.5 Å². The quantitative estimate of drug-likeness (QED) is 0.716. The van der Waals surface area contributed by atoms with Crippen LogP contribution >= 0.6 is 11.6 Å². The van der Waals surface area contributed by atoms with Gasteiger partial charge in [-0.15, -0.1) is 0 Å². The summed E-state index contributed by atoms with van der Waals surface area (Å²) in [6, 6.07) is 6.49. The van der Waals surface area contributed by atoms with E-state index in [1.807, 2.05) is 18.2 Å². The SMILES string of the molecule is Nc1nc(N2C[C@@H]3C[C@H]2CN3)c2oc3ccc(Cl)cc3c2n1. The standard InChI is InChI=1S/C15H14ClN5O/c16-7-1-2-11-10(3-7)12-13(22-11)14(20-15(17)19-12)21-6-8-4-9(21)5-18-8/h1-3,8-9,18H,4-6H2,(H2,17,19,20)/t8-,9-/m0/s1. The molecular formula is C15H14ClN5O. The monoisotopic (exact) mass is 315 g/mol. The number of piperazine rings is 1. The van der Waals surface area contributed by atoms with Crippen molar-refractivity contribution < 1.29 is 4.42 Å². The molecule has 2 aliphatic rings. The van der Waals surface area contributed by atoms with Crippen LogP contribution in [-0.4, -0.2) is 35.1 Å². The van der Waals surface area contributed by atoms with Crippen LogP contribution in [0.5, 0.6) is 0 Å². The maximum atomic E-state index is 6.10. The Hall–Kier alpha value is -2.05. The first-order chi connectivity index (χ1) is 10.7. The van der Waals surface area contributed by atoms with Gasteiger partial charge < -0.3 is 20.4 Å². The zero-order valence-electron chi connectivity index (χ0n) is 11.7. The van der Waals surface area contributed by atoms with Crippen molar-refractivity contribution in [1.29, 1.82) is 0 Å². The minimum absolute atomic E-state index is 0.265. The summed E-state index contributed by atoms with van der Waals surface area (Å²) >= 11 is 6.10. The first kappa shape index (κ1) is 12.5. The molecule has 0 aliphatic carbocycles. The van der Waals surface area contributed by atoms with Gasteiger partial charge in [-0.3, -0.25) is 0 Å². The van der Waals surface area contributed by atoms with Crippen molar-refractivity contribution in [2.24, 2.45) is 0 Å². The second-order valence-electron chi connectivity index (χ2n) is 5.97. The Balaban J connectivity index is 1.79. The number of hydrogen-bond donors (Lipinski definition) is 2. The number of fused-ring (bicyclic) bond motifs is 5. The fourth-order valence-corrected chi connectivity index (χ4v) is 3.81. The summed E-state index contributed by atoms with van der Waals surface area (Å²) in [5.74, 6) is 1.06. The molecule has 6 nitrogen and oxygen atoms in total. The molecule has 2 bridgehead atoms. The van der Waals surface area contributed by atoms with Gasteiger partial charge in [-0.2, -0.15) is 4.98 Å². The molecule has 1 aromatic carbocycles.